The van der Waals surface area contributed by atoms with E-state index in [1.54, 1.807) is 0 Å². The molecule has 15 heavy (non-hydrogen) atoms. The lowest BCUT2D eigenvalue weighted by atomic mass is 10.3. The van der Waals surface area contributed by atoms with Gasteiger partial charge in [-0.25, -0.2) is 0 Å². The van der Waals surface area contributed by atoms with Crippen molar-refractivity contribution in [1.82, 2.24) is 4.98 Å². The molecule has 1 aromatic carbocycles. The van der Waals surface area contributed by atoms with E-state index < -0.39 is 0 Å². The van der Waals surface area contributed by atoms with Gasteiger partial charge < -0.3 is 5.32 Å². The van der Waals surface area contributed by atoms with Crippen LogP contribution in [0, 0.1) is 4.91 Å². The van der Waals surface area contributed by atoms with Crippen molar-refractivity contribution in [2.45, 2.75) is 0 Å². The van der Waals surface area contributed by atoms with Crippen LogP contribution in [0.15, 0.2) is 40.3 Å². The highest BCUT2D eigenvalue weighted by Gasteiger charge is 2.07. The Morgan fingerprint density at radius 2 is 2.00 bits per heavy atom. The van der Waals surface area contributed by atoms with Gasteiger partial charge in [0.1, 0.15) is 0 Å². The molecule has 2 rings (SSSR count). The third-order valence-electron chi connectivity index (χ3n) is 1.76. The first kappa shape index (κ1) is 9.60. The summed E-state index contributed by atoms with van der Waals surface area (Å²) in [7, 11) is 0. The summed E-state index contributed by atoms with van der Waals surface area (Å²) < 4.78 is 0. The summed E-state index contributed by atoms with van der Waals surface area (Å²) in [5.41, 5.74) is 0.788. The van der Waals surface area contributed by atoms with Gasteiger partial charge in [-0.3, -0.25) is 9.78 Å². The van der Waals surface area contributed by atoms with Gasteiger partial charge in [0, 0.05) is 5.69 Å². The van der Waals surface area contributed by atoms with Gasteiger partial charge in [0.15, 0.2) is 5.82 Å². The van der Waals surface area contributed by atoms with Crippen LogP contribution >= 0.6 is 11.3 Å². The molecule has 0 atom stereocenters. The van der Waals surface area contributed by atoms with E-state index in [0.29, 0.717) is 5.82 Å². The van der Waals surface area contributed by atoms with E-state index in [9.17, 15) is 9.70 Å². The second-order valence-electron chi connectivity index (χ2n) is 2.78. The zero-order valence-corrected chi connectivity index (χ0v) is 8.38. The molecule has 76 valence electrons. The highest BCUT2D eigenvalue weighted by Crippen LogP contribution is 2.27. The number of benzene rings is 1. The standard InChI is InChI=1S/C9H7N3O2S/c13-9-11-7(8(12-14)15-9)10-6-4-2-1-3-5-6/h1-5,10H,(H,11,13). The van der Waals surface area contributed by atoms with Crippen molar-refractivity contribution in [3.05, 3.63) is 44.9 Å². The van der Waals surface area contributed by atoms with Crippen LogP contribution < -0.4 is 10.2 Å². The Bertz CT molecular complexity index is 518. The fourth-order valence-electron chi connectivity index (χ4n) is 1.13. The van der Waals surface area contributed by atoms with E-state index in [0.717, 1.165) is 17.0 Å². The Balaban J connectivity index is 2.32. The van der Waals surface area contributed by atoms with Crippen LogP contribution in [0.3, 0.4) is 0 Å². The zero-order valence-electron chi connectivity index (χ0n) is 7.56. The summed E-state index contributed by atoms with van der Waals surface area (Å²) in [6.07, 6.45) is 0. The quantitative estimate of drug-likeness (QED) is 0.782. The molecule has 0 spiro atoms. The summed E-state index contributed by atoms with van der Waals surface area (Å²) in [5, 5.41) is 5.80. The fourth-order valence-corrected chi connectivity index (χ4v) is 1.70. The second-order valence-corrected chi connectivity index (χ2v) is 3.74. The number of aromatic amines is 1. The number of hydrogen-bond donors (Lipinski definition) is 2. The first-order valence-electron chi connectivity index (χ1n) is 4.18. The minimum atomic E-state index is -0.303. The van der Waals surface area contributed by atoms with Gasteiger partial charge in [-0.05, 0) is 28.6 Å². The number of nitroso groups, excluding NO2 is 1. The molecule has 5 nitrogen and oxygen atoms in total. The first-order valence-corrected chi connectivity index (χ1v) is 5.00. The number of nitrogens with zero attached hydrogens (tertiary/aromatic N) is 1. The molecule has 0 aliphatic heterocycles. The Hall–Kier alpha value is -1.95. The maximum Gasteiger partial charge on any atom is 0.308 e. The molecule has 0 aliphatic rings. The van der Waals surface area contributed by atoms with Gasteiger partial charge in [0.05, 0.1) is 0 Å². The van der Waals surface area contributed by atoms with E-state index in [-0.39, 0.29) is 9.87 Å². The monoisotopic (exact) mass is 221 g/mol. The van der Waals surface area contributed by atoms with E-state index in [2.05, 4.69) is 15.5 Å². The molecule has 0 aliphatic carbocycles. The van der Waals surface area contributed by atoms with Crippen molar-refractivity contribution in [3.63, 3.8) is 0 Å². The second kappa shape index (κ2) is 4.05. The van der Waals surface area contributed by atoms with Crippen molar-refractivity contribution in [2.24, 2.45) is 5.18 Å². The van der Waals surface area contributed by atoms with Crippen LogP contribution in [0.5, 0.6) is 0 Å². The summed E-state index contributed by atoms with van der Waals surface area (Å²) >= 11 is 0.781. The van der Waals surface area contributed by atoms with Crippen molar-refractivity contribution in [2.75, 3.05) is 5.32 Å². The summed E-state index contributed by atoms with van der Waals surface area (Å²) in [4.78, 5) is 23.6. The minimum absolute atomic E-state index is 0.129. The average molecular weight is 221 g/mol. The summed E-state index contributed by atoms with van der Waals surface area (Å²) in [6, 6.07) is 9.22. The normalized spacial score (nSPS) is 9.87. The maximum atomic E-state index is 11.0. The molecular weight excluding hydrogens is 214 g/mol. The Kier molecular flexibility index (Phi) is 2.59. The summed E-state index contributed by atoms with van der Waals surface area (Å²) in [5.74, 6) is 0.339. The van der Waals surface area contributed by atoms with Crippen molar-refractivity contribution in [1.29, 1.82) is 0 Å². The van der Waals surface area contributed by atoms with Gasteiger partial charge in [-0.15, -0.1) is 4.91 Å². The highest BCUT2D eigenvalue weighted by atomic mass is 32.1. The van der Waals surface area contributed by atoms with Crippen LogP contribution in [0.1, 0.15) is 0 Å². The zero-order chi connectivity index (χ0) is 10.7. The highest BCUT2D eigenvalue weighted by molar-refractivity contribution is 7.13. The lowest BCUT2D eigenvalue weighted by Gasteiger charge is -2.02. The predicted octanol–water partition coefficient (Wildman–Crippen LogP) is 2.58. The Morgan fingerprint density at radius 1 is 1.27 bits per heavy atom. The number of aromatic nitrogens is 1. The number of hydrogen-bond acceptors (Lipinski definition) is 5. The number of nitrogens with one attached hydrogen (secondary N) is 2. The molecule has 0 fully saturated rings. The number of para-hydroxylation sites is 1. The number of thiazole rings is 1. The molecule has 2 aromatic rings. The molecule has 2 N–H and O–H groups in total. The maximum absolute atomic E-state index is 11.0. The van der Waals surface area contributed by atoms with Gasteiger partial charge >= 0.3 is 4.87 Å². The first-order chi connectivity index (χ1) is 7.29. The van der Waals surface area contributed by atoms with E-state index in [1.165, 1.54) is 0 Å². The van der Waals surface area contributed by atoms with Crippen molar-refractivity contribution in [3.8, 4) is 0 Å². The predicted molar refractivity (Wildman–Crippen MR) is 60.1 cm³/mol. The molecular formula is C9H7N3O2S. The largest absolute Gasteiger partial charge is 0.339 e. The van der Waals surface area contributed by atoms with Gasteiger partial charge in [-0.2, -0.15) is 0 Å². The third kappa shape index (κ3) is 2.10. The minimum Gasteiger partial charge on any atom is -0.339 e. The van der Waals surface area contributed by atoms with Crippen LogP contribution in [0.4, 0.5) is 16.5 Å². The smallest absolute Gasteiger partial charge is 0.308 e. The van der Waals surface area contributed by atoms with Crippen molar-refractivity contribution >= 4 is 27.8 Å². The molecule has 1 heterocycles. The molecule has 0 amide bonds. The number of H-pyrrole nitrogens is 1. The van der Waals surface area contributed by atoms with E-state index >= 15 is 0 Å². The van der Waals surface area contributed by atoms with Gasteiger partial charge in [0.2, 0.25) is 5.00 Å². The van der Waals surface area contributed by atoms with Crippen molar-refractivity contribution < 1.29 is 0 Å². The number of anilines is 2. The average Bonchev–Trinajstić information content (AvgIpc) is 2.60. The molecule has 0 unspecified atom stereocenters. The molecule has 0 bridgehead atoms. The van der Waals surface area contributed by atoms with Gasteiger partial charge in [-0.1, -0.05) is 18.2 Å². The molecule has 0 saturated heterocycles. The van der Waals surface area contributed by atoms with Crippen LogP contribution in [0.25, 0.3) is 0 Å². The van der Waals surface area contributed by atoms with E-state index in [4.69, 9.17) is 0 Å². The molecule has 0 radical (unpaired) electrons. The van der Waals surface area contributed by atoms with Crippen LogP contribution in [-0.2, 0) is 0 Å². The Labute approximate surface area is 88.8 Å². The van der Waals surface area contributed by atoms with Crippen LogP contribution in [0.2, 0.25) is 0 Å². The number of rotatable bonds is 3. The lowest BCUT2D eigenvalue weighted by Crippen LogP contribution is -1.96. The van der Waals surface area contributed by atoms with Crippen LogP contribution in [-0.4, -0.2) is 4.98 Å². The molecule has 1 aromatic heterocycles. The summed E-state index contributed by atoms with van der Waals surface area (Å²) in [6.45, 7) is 0. The lowest BCUT2D eigenvalue weighted by molar-refractivity contribution is 1.31. The Morgan fingerprint density at radius 3 is 2.67 bits per heavy atom. The van der Waals surface area contributed by atoms with E-state index in [1.807, 2.05) is 30.3 Å². The fraction of sp³-hybridized carbons (Fsp3) is 0. The topological polar surface area (TPSA) is 74.3 Å². The third-order valence-corrected chi connectivity index (χ3v) is 2.52. The van der Waals surface area contributed by atoms with Gasteiger partial charge in [0.25, 0.3) is 0 Å². The SMILES string of the molecule is O=Nc1sc(=O)[nH]c1Nc1ccccc1. The molecule has 6 heteroatoms. The molecule has 0 saturated carbocycles.